The van der Waals surface area contributed by atoms with Gasteiger partial charge in [-0.25, -0.2) is 4.39 Å². The number of nitrogens with one attached hydrogen (secondary N) is 1. The number of benzene rings is 2. The van der Waals surface area contributed by atoms with Crippen LogP contribution in [0.25, 0.3) is 0 Å². The topological polar surface area (TPSA) is 75.5 Å². The third-order valence-corrected chi connectivity index (χ3v) is 4.41. The Morgan fingerprint density at radius 2 is 2.04 bits per heavy atom. The molecule has 1 aliphatic carbocycles. The van der Waals surface area contributed by atoms with Crippen molar-refractivity contribution >= 4 is 17.3 Å². The van der Waals surface area contributed by atoms with Gasteiger partial charge < -0.3 is 10.2 Å². The molecular formula is C19H20FN3O3. The second-order valence-electron chi connectivity index (χ2n) is 6.65. The number of nitro groups is 1. The highest BCUT2D eigenvalue weighted by molar-refractivity contribution is 5.96. The van der Waals surface area contributed by atoms with Crippen molar-refractivity contribution in [3.8, 4) is 0 Å². The molecule has 0 heterocycles. The van der Waals surface area contributed by atoms with Crippen molar-refractivity contribution in [2.24, 2.45) is 0 Å². The molecule has 1 saturated carbocycles. The van der Waals surface area contributed by atoms with E-state index in [-0.39, 0.29) is 29.0 Å². The molecule has 136 valence electrons. The first-order chi connectivity index (χ1) is 12.3. The number of hydrogen-bond acceptors (Lipinski definition) is 4. The Labute approximate surface area is 150 Å². The van der Waals surface area contributed by atoms with E-state index in [1.807, 2.05) is 0 Å². The maximum absolute atomic E-state index is 13.7. The Bertz CT molecular complexity index is 865. The van der Waals surface area contributed by atoms with Crippen LogP contribution in [0.2, 0.25) is 0 Å². The van der Waals surface area contributed by atoms with Gasteiger partial charge in [0.1, 0.15) is 11.5 Å². The average Bonchev–Trinajstić information content (AvgIpc) is 3.41. The van der Waals surface area contributed by atoms with Crippen LogP contribution >= 0.6 is 0 Å². The predicted octanol–water partition coefficient (Wildman–Crippen LogP) is 3.57. The Morgan fingerprint density at radius 3 is 2.65 bits per heavy atom. The van der Waals surface area contributed by atoms with Gasteiger partial charge >= 0.3 is 0 Å². The monoisotopic (exact) mass is 357 g/mol. The Kier molecular flexibility index (Phi) is 4.88. The van der Waals surface area contributed by atoms with Crippen LogP contribution in [0.4, 0.5) is 15.8 Å². The van der Waals surface area contributed by atoms with Crippen molar-refractivity contribution in [1.82, 2.24) is 5.32 Å². The number of hydrogen-bond donors (Lipinski definition) is 1. The maximum atomic E-state index is 13.7. The van der Waals surface area contributed by atoms with Gasteiger partial charge in [-0.15, -0.1) is 0 Å². The summed E-state index contributed by atoms with van der Waals surface area (Å²) in [5.74, 6) is -0.608. The van der Waals surface area contributed by atoms with Gasteiger partial charge in [0.05, 0.1) is 4.92 Å². The number of rotatable bonds is 6. The SMILES string of the molecule is Cc1ccc(CN(C)c2ccc(C(=O)NC3CC3)cc2[N+](=O)[O-])cc1F. The number of carbonyl (C=O) groups is 1. The molecule has 1 N–H and O–H groups in total. The lowest BCUT2D eigenvalue weighted by molar-refractivity contribution is -0.384. The molecule has 0 aromatic heterocycles. The smallest absolute Gasteiger partial charge is 0.293 e. The molecule has 1 aliphatic rings. The van der Waals surface area contributed by atoms with Gasteiger partial charge in [0, 0.05) is 31.3 Å². The van der Waals surface area contributed by atoms with Crippen LogP contribution in [-0.4, -0.2) is 23.9 Å². The summed E-state index contributed by atoms with van der Waals surface area (Å²) in [6.07, 6.45) is 1.89. The normalized spacial score (nSPS) is 13.3. The summed E-state index contributed by atoms with van der Waals surface area (Å²) in [5, 5.41) is 14.3. The third kappa shape index (κ3) is 3.99. The molecule has 0 atom stereocenters. The fourth-order valence-electron chi connectivity index (χ4n) is 2.72. The first kappa shape index (κ1) is 17.8. The van der Waals surface area contributed by atoms with Crippen LogP contribution in [-0.2, 0) is 6.54 Å². The van der Waals surface area contributed by atoms with Gasteiger partial charge in [-0.3, -0.25) is 14.9 Å². The van der Waals surface area contributed by atoms with Crippen LogP contribution < -0.4 is 10.2 Å². The van der Waals surface area contributed by atoms with Gasteiger partial charge in [0.2, 0.25) is 0 Å². The Morgan fingerprint density at radius 1 is 1.31 bits per heavy atom. The highest BCUT2D eigenvalue weighted by Gasteiger charge is 2.26. The molecule has 3 rings (SSSR count). The molecule has 0 spiro atoms. The van der Waals surface area contributed by atoms with Crippen molar-refractivity contribution in [2.75, 3.05) is 11.9 Å². The quantitative estimate of drug-likeness (QED) is 0.633. The van der Waals surface area contributed by atoms with E-state index in [2.05, 4.69) is 5.32 Å². The highest BCUT2D eigenvalue weighted by Crippen LogP contribution is 2.30. The number of halogens is 1. The number of amides is 1. The summed E-state index contributed by atoms with van der Waals surface area (Å²) in [7, 11) is 1.70. The van der Waals surface area contributed by atoms with E-state index in [0.717, 1.165) is 12.8 Å². The van der Waals surface area contributed by atoms with E-state index < -0.39 is 4.92 Å². The minimum atomic E-state index is -0.505. The lowest BCUT2D eigenvalue weighted by Gasteiger charge is -2.20. The molecule has 2 aromatic carbocycles. The van der Waals surface area contributed by atoms with Gasteiger partial charge in [-0.2, -0.15) is 0 Å². The first-order valence-corrected chi connectivity index (χ1v) is 8.40. The second-order valence-corrected chi connectivity index (χ2v) is 6.65. The summed E-state index contributed by atoms with van der Waals surface area (Å²) in [6, 6.07) is 9.50. The van der Waals surface area contributed by atoms with Crippen LogP contribution in [0.5, 0.6) is 0 Å². The third-order valence-electron chi connectivity index (χ3n) is 4.41. The van der Waals surface area contributed by atoms with E-state index in [9.17, 15) is 19.3 Å². The fourth-order valence-corrected chi connectivity index (χ4v) is 2.72. The molecule has 0 bridgehead atoms. The van der Waals surface area contributed by atoms with Crippen molar-refractivity contribution in [2.45, 2.75) is 32.4 Å². The number of nitrogens with zero attached hydrogens (tertiary/aromatic N) is 2. The second kappa shape index (κ2) is 7.11. The summed E-state index contributed by atoms with van der Waals surface area (Å²) in [6.45, 7) is 1.99. The number of aryl methyl sites for hydroxylation is 1. The fraction of sp³-hybridized carbons (Fsp3) is 0.316. The summed E-state index contributed by atoms with van der Waals surface area (Å²) in [5.41, 5.74) is 1.75. The molecule has 0 unspecified atom stereocenters. The minimum Gasteiger partial charge on any atom is -0.365 e. The minimum absolute atomic E-state index is 0.150. The first-order valence-electron chi connectivity index (χ1n) is 8.40. The number of carbonyl (C=O) groups excluding carboxylic acids is 1. The molecule has 0 radical (unpaired) electrons. The molecule has 1 fully saturated rings. The van der Waals surface area contributed by atoms with Crippen molar-refractivity contribution < 1.29 is 14.1 Å². The van der Waals surface area contributed by atoms with Gasteiger partial charge in [-0.1, -0.05) is 12.1 Å². The van der Waals surface area contributed by atoms with E-state index in [1.54, 1.807) is 43.1 Å². The molecule has 0 saturated heterocycles. The standard InChI is InChI=1S/C19H20FN3O3/c1-12-3-4-13(9-16(12)20)11-22(2)17-8-5-14(10-18(17)23(25)26)19(24)21-15-6-7-15/h3-5,8-10,15H,6-7,11H2,1-2H3,(H,21,24). The van der Waals surface area contributed by atoms with E-state index in [4.69, 9.17) is 0 Å². The van der Waals surface area contributed by atoms with Gasteiger partial charge in [-0.05, 0) is 49.1 Å². The molecule has 26 heavy (non-hydrogen) atoms. The zero-order valence-electron chi connectivity index (χ0n) is 14.7. The van der Waals surface area contributed by atoms with Gasteiger partial charge in [0.15, 0.2) is 0 Å². The van der Waals surface area contributed by atoms with Crippen LogP contribution in [0.3, 0.4) is 0 Å². The molecule has 1 amide bonds. The lowest BCUT2D eigenvalue weighted by Crippen LogP contribution is -2.25. The molecule has 7 heteroatoms. The molecular weight excluding hydrogens is 337 g/mol. The van der Waals surface area contributed by atoms with Crippen LogP contribution in [0.1, 0.15) is 34.3 Å². The summed E-state index contributed by atoms with van der Waals surface area (Å²) >= 11 is 0. The van der Waals surface area contributed by atoms with Crippen molar-refractivity contribution in [3.05, 3.63) is 69.0 Å². The Hall–Kier alpha value is -2.96. The van der Waals surface area contributed by atoms with E-state index >= 15 is 0 Å². The molecule has 6 nitrogen and oxygen atoms in total. The number of nitro benzene ring substituents is 1. The Balaban J connectivity index is 1.83. The van der Waals surface area contributed by atoms with E-state index in [1.165, 1.54) is 12.1 Å². The van der Waals surface area contributed by atoms with Crippen LogP contribution in [0, 0.1) is 22.9 Å². The zero-order valence-corrected chi connectivity index (χ0v) is 14.7. The van der Waals surface area contributed by atoms with Gasteiger partial charge in [0.25, 0.3) is 11.6 Å². The van der Waals surface area contributed by atoms with Crippen LogP contribution in [0.15, 0.2) is 36.4 Å². The van der Waals surface area contributed by atoms with Crippen molar-refractivity contribution in [1.29, 1.82) is 0 Å². The predicted molar refractivity (Wildman–Crippen MR) is 96.8 cm³/mol. The number of anilines is 1. The largest absolute Gasteiger partial charge is 0.365 e. The summed E-state index contributed by atoms with van der Waals surface area (Å²) < 4.78 is 13.7. The zero-order chi connectivity index (χ0) is 18.8. The molecule has 0 aliphatic heterocycles. The van der Waals surface area contributed by atoms with E-state index in [0.29, 0.717) is 23.4 Å². The average molecular weight is 357 g/mol. The lowest BCUT2D eigenvalue weighted by atomic mass is 10.1. The van der Waals surface area contributed by atoms with Crippen molar-refractivity contribution in [3.63, 3.8) is 0 Å². The maximum Gasteiger partial charge on any atom is 0.293 e. The highest BCUT2D eigenvalue weighted by atomic mass is 19.1. The molecule has 2 aromatic rings. The summed E-state index contributed by atoms with van der Waals surface area (Å²) in [4.78, 5) is 24.8.